The summed E-state index contributed by atoms with van der Waals surface area (Å²) in [6.45, 7) is 19.7. The molecule has 0 amide bonds. The predicted octanol–water partition coefficient (Wildman–Crippen LogP) is 7.82. The van der Waals surface area contributed by atoms with Crippen molar-refractivity contribution in [2.24, 2.45) is 27.1 Å². The fourth-order valence-electron chi connectivity index (χ4n) is 4.45. The molecule has 0 heterocycles. The molecule has 0 N–H and O–H groups in total. The first-order chi connectivity index (χ1) is 9.96. The molecule has 0 aromatic carbocycles. The Morgan fingerprint density at radius 2 is 0.792 bits per heavy atom. The molecule has 1 atom stereocenters. The summed E-state index contributed by atoms with van der Waals surface area (Å²) in [4.78, 5) is 0. The summed E-state index contributed by atoms with van der Waals surface area (Å²) in [5, 5.41) is 0. The van der Waals surface area contributed by atoms with Crippen LogP contribution in [0.15, 0.2) is 0 Å². The van der Waals surface area contributed by atoms with Gasteiger partial charge < -0.3 is 0 Å². The highest BCUT2D eigenvalue weighted by atomic mass is 19.4. The zero-order valence-electron chi connectivity index (χ0n) is 17.7. The monoisotopic (exact) mass is 354 g/mol. The van der Waals surface area contributed by atoms with Gasteiger partial charge in [-0.15, -0.1) is 0 Å². The van der Waals surface area contributed by atoms with Crippen LogP contribution in [0.4, 0.5) is 17.6 Å². The van der Waals surface area contributed by atoms with Crippen molar-refractivity contribution in [1.82, 2.24) is 0 Å². The van der Waals surface area contributed by atoms with E-state index in [1.165, 1.54) is 6.92 Å². The lowest BCUT2D eigenvalue weighted by atomic mass is 9.46. The summed E-state index contributed by atoms with van der Waals surface area (Å²) < 4.78 is 59.1. The number of rotatable bonds is 3. The highest BCUT2D eigenvalue weighted by Gasteiger charge is 2.69. The van der Waals surface area contributed by atoms with Gasteiger partial charge >= 0.3 is 6.18 Å². The van der Waals surface area contributed by atoms with Crippen LogP contribution in [0.3, 0.4) is 0 Å². The van der Waals surface area contributed by atoms with Crippen molar-refractivity contribution in [1.29, 1.82) is 0 Å². The van der Waals surface area contributed by atoms with Crippen LogP contribution < -0.4 is 0 Å². The maximum Gasteiger partial charge on any atom is 0.395 e. The van der Waals surface area contributed by atoms with E-state index in [1.807, 2.05) is 0 Å². The molecule has 0 aromatic heterocycles. The maximum atomic E-state index is 15.7. The third-order valence-corrected chi connectivity index (χ3v) is 6.43. The van der Waals surface area contributed by atoms with Crippen molar-refractivity contribution in [2.45, 2.75) is 101 Å². The molecule has 0 saturated carbocycles. The van der Waals surface area contributed by atoms with Crippen molar-refractivity contribution in [3.8, 4) is 0 Å². The van der Waals surface area contributed by atoms with Gasteiger partial charge in [-0.25, -0.2) is 4.39 Å². The Bertz CT molecular complexity index is 398. The third kappa shape index (κ3) is 3.62. The molecule has 1 unspecified atom stereocenters. The third-order valence-electron chi connectivity index (χ3n) is 6.43. The summed E-state index contributed by atoms with van der Waals surface area (Å²) in [7, 11) is 0. The molecule has 146 valence electrons. The smallest absolute Gasteiger partial charge is 0.243 e. The van der Waals surface area contributed by atoms with E-state index < -0.39 is 38.9 Å². The van der Waals surface area contributed by atoms with Crippen molar-refractivity contribution in [2.75, 3.05) is 0 Å². The minimum Gasteiger partial charge on any atom is -0.243 e. The first-order valence-corrected chi connectivity index (χ1v) is 8.71. The van der Waals surface area contributed by atoms with Gasteiger partial charge in [0.15, 0.2) is 0 Å². The fraction of sp³-hybridized carbons (Fsp3) is 1.00. The van der Waals surface area contributed by atoms with Crippen LogP contribution >= 0.6 is 0 Å². The second-order valence-electron chi connectivity index (χ2n) is 11.2. The predicted molar refractivity (Wildman–Crippen MR) is 94.8 cm³/mol. The van der Waals surface area contributed by atoms with Gasteiger partial charge in [-0.2, -0.15) is 13.2 Å². The molecule has 0 radical (unpaired) electrons. The van der Waals surface area contributed by atoms with Gasteiger partial charge in [0.25, 0.3) is 0 Å². The van der Waals surface area contributed by atoms with E-state index in [-0.39, 0.29) is 6.42 Å². The van der Waals surface area contributed by atoms with E-state index in [1.54, 1.807) is 76.2 Å². The van der Waals surface area contributed by atoms with Crippen molar-refractivity contribution >= 4 is 0 Å². The van der Waals surface area contributed by atoms with Gasteiger partial charge in [0, 0.05) is 0 Å². The quantitative estimate of drug-likeness (QED) is 0.453. The first kappa shape index (κ1) is 23.7. The van der Waals surface area contributed by atoms with Crippen LogP contribution in [0.1, 0.15) is 89.5 Å². The molecular formula is C20H38F4. The lowest BCUT2D eigenvalue weighted by Crippen LogP contribution is -2.61. The highest BCUT2D eigenvalue weighted by Crippen LogP contribution is 2.67. The van der Waals surface area contributed by atoms with Crippen LogP contribution in [0.2, 0.25) is 0 Å². The number of halogens is 4. The molecule has 0 aliphatic heterocycles. The van der Waals surface area contributed by atoms with Gasteiger partial charge in [-0.05, 0) is 35.0 Å². The Balaban J connectivity index is 6.57. The lowest BCUT2D eigenvalue weighted by molar-refractivity contribution is -0.311. The molecule has 0 aliphatic rings. The SMILES string of the molecule is CC(C)(C)C(C)(F)C(C)(C)CC(C(C)(C)C)(C(C)(C)C)C(F)(F)F. The maximum absolute atomic E-state index is 15.7. The van der Waals surface area contributed by atoms with Crippen molar-refractivity contribution in [3.63, 3.8) is 0 Å². The van der Waals surface area contributed by atoms with E-state index in [2.05, 4.69) is 0 Å². The number of hydrogen-bond donors (Lipinski definition) is 0. The largest absolute Gasteiger partial charge is 0.395 e. The average molecular weight is 355 g/mol. The zero-order valence-corrected chi connectivity index (χ0v) is 17.7. The van der Waals surface area contributed by atoms with Gasteiger partial charge in [0.1, 0.15) is 5.67 Å². The molecule has 0 nitrogen and oxygen atoms in total. The van der Waals surface area contributed by atoms with Crippen LogP contribution in [-0.2, 0) is 0 Å². The van der Waals surface area contributed by atoms with E-state index in [4.69, 9.17) is 0 Å². The van der Waals surface area contributed by atoms with E-state index in [0.717, 1.165) is 0 Å². The molecule has 0 bridgehead atoms. The minimum atomic E-state index is -4.44. The summed E-state index contributed by atoms with van der Waals surface area (Å²) in [6, 6.07) is 0. The Morgan fingerprint density at radius 1 is 0.500 bits per heavy atom. The first-order valence-electron chi connectivity index (χ1n) is 8.71. The van der Waals surface area contributed by atoms with Crippen LogP contribution in [-0.4, -0.2) is 11.8 Å². The Kier molecular flexibility index (Phi) is 5.80. The molecule has 0 aromatic rings. The van der Waals surface area contributed by atoms with E-state index >= 15 is 4.39 Å². The Morgan fingerprint density at radius 3 is 0.958 bits per heavy atom. The van der Waals surface area contributed by atoms with Crippen LogP contribution in [0.5, 0.6) is 0 Å². The summed E-state index contributed by atoms with van der Waals surface area (Å²) in [5.41, 5.74) is -7.81. The Labute approximate surface area is 146 Å². The number of hydrogen-bond acceptors (Lipinski definition) is 0. The van der Waals surface area contributed by atoms with Crippen LogP contribution in [0.25, 0.3) is 0 Å². The van der Waals surface area contributed by atoms with Gasteiger partial charge in [0.05, 0.1) is 5.41 Å². The lowest BCUT2D eigenvalue weighted by Gasteiger charge is -2.59. The second kappa shape index (κ2) is 5.87. The van der Waals surface area contributed by atoms with E-state index in [0.29, 0.717) is 0 Å². The average Bonchev–Trinajstić information content (AvgIpc) is 2.18. The molecule has 0 saturated heterocycles. The fourth-order valence-corrected chi connectivity index (χ4v) is 4.45. The standard InChI is InChI=1S/C20H38F4/c1-14(2,3)18(12,21)17(10,11)13-19(15(4,5)6,16(7,8)9)20(22,23)24/h13H2,1-12H3. The number of alkyl halides is 4. The molecule has 0 aliphatic carbocycles. The minimum absolute atomic E-state index is 0.263. The topological polar surface area (TPSA) is 0 Å². The zero-order chi connectivity index (χ0) is 20.2. The molecular weight excluding hydrogens is 316 g/mol. The van der Waals surface area contributed by atoms with Crippen molar-refractivity contribution < 1.29 is 17.6 Å². The summed E-state index contributed by atoms with van der Waals surface area (Å²) in [6.07, 6.45) is -4.70. The molecule has 4 heteroatoms. The molecule has 0 fully saturated rings. The second-order valence-corrected chi connectivity index (χ2v) is 11.2. The van der Waals surface area contributed by atoms with Gasteiger partial charge in [-0.1, -0.05) is 76.2 Å². The normalized spacial score (nSPS) is 18.5. The summed E-state index contributed by atoms with van der Waals surface area (Å²) >= 11 is 0. The molecule has 24 heavy (non-hydrogen) atoms. The molecule has 0 spiro atoms. The molecule has 0 rings (SSSR count). The Hall–Kier alpha value is -0.280. The van der Waals surface area contributed by atoms with Gasteiger partial charge in [0.2, 0.25) is 0 Å². The van der Waals surface area contributed by atoms with Crippen molar-refractivity contribution in [3.05, 3.63) is 0 Å². The van der Waals surface area contributed by atoms with E-state index in [9.17, 15) is 13.2 Å². The highest BCUT2D eigenvalue weighted by molar-refractivity contribution is 5.10. The summed E-state index contributed by atoms with van der Waals surface area (Å²) in [5.74, 6) is 0. The van der Waals surface area contributed by atoms with Crippen LogP contribution in [0, 0.1) is 27.1 Å². The van der Waals surface area contributed by atoms with Gasteiger partial charge in [-0.3, -0.25) is 0 Å².